The van der Waals surface area contributed by atoms with Crippen molar-refractivity contribution in [3.63, 3.8) is 0 Å². The third-order valence-corrected chi connectivity index (χ3v) is 13.2. The number of fused-ring (bicyclic) bond motifs is 3. The fourth-order valence-corrected chi connectivity index (χ4v) is 9.72. The van der Waals surface area contributed by atoms with Crippen LogP contribution < -0.4 is 0 Å². The summed E-state index contributed by atoms with van der Waals surface area (Å²) in [5.74, 6) is 1.31. The van der Waals surface area contributed by atoms with Gasteiger partial charge in [0.25, 0.3) is 0 Å². The van der Waals surface area contributed by atoms with Gasteiger partial charge in [-0.2, -0.15) is 21.0 Å². The highest BCUT2D eigenvalue weighted by atomic mass is 15.0. The van der Waals surface area contributed by atoms with Crippen molar-refractivity contribution < 1.29 is 0 Å². The molecule has 350 valence electrons. The smallest absolute Gasteiger partial charge is 0.197 e. The number of hydrogen-bond donors (Lipinski definition) is 0. The Morgan fingerprint density at radius 2 is 0.818 bits per heavy atom. The van der Waals surface area contributed by atoms with E-state index >= 15 is 0 Å². The molecule has 12 nitrogen and oxygen atoms in total. The van der Waals surface area contributed by atoms with Gasteiger partial charge in [-0.3, -0.25) is 0 Å². The number of nitriles is 4. The van der Waals surface area contributed by atoms with Gasteiger partial charge in [0.2, 0.25) is 0 Å². The first kappa shape index (κ1) is 47.1. The molecule has 2 heterocycles. The first-order chi connectivity index (χ1) is 37.8. The van der Waals surface area contributed by atoms with Gasteiger partial charge in [0.1, 0.15) is 0 Å². The topological polar surface area (TPSA) is 156 Å². The summed E-state index contributed by atoms with van der Waals surface area (Å²) in [5.41, 5.74) is 10.7. The van der Waals surface area contributed by atoms with Gasteiger partial charge in [0.15, 0.2) is 40.2 Å². The molecule has 0 unspecified atom stereocenters. The lowest BCUT2D eigenvalue weighted by atomic mass is 9.92. The second-order valence-electron chi connectivity index (χ2n) is 17.6. The molecule has 0 fully saturated rings. The van der Waals surface area contributed by atoms with Gasteiger partial charge in [-0.05, 0) is 89.0 Å². The summed E-state index contributed by atoms with van der Waals surface area (Å²) in [6, 6.07) is 63.9. The number of hydrogen-bond acceptors (Lipinski definition) is 7. The van der Waals surface area contributed by atoms with E-state index in [0.717, 1.165) is 22.3 Å². The number of aromatic nitrogens is 4. The van der Waals surface area contributed by atoms with Gasteiger partial charge in [-0.25, -0.2) is 34.3 Å². The first-order valence-electron chi connectivity index (χ1n) is 23.6. The summed E-state index contributed by atoms with van der Waals surface area (Å²) in [7, 11) is 0. The van der Waals surface area contributed by atoms with Crippen molar-refractivity contribution in [2.75, 3.05) is 0 Å². The van der Waals surface area contributed by atoms with E-state index in [2.05, 4.69) is 48.2 Å². The molecule has 77 heavy (non-hydrogen) atoms. The Kier molecular flexibility index (Phi) is 12.1. The van der Waals surface area contributed by atoms with E-state index in [9.17, 15) is 21.0 Å². The maximum Gasteiger partial charge on any atom is 0.197 e. The van der Waals surface area contributed by atoms with Crippen molar-refractivity contribution in [2.45, 2.75) is 0 Å². The van der Waals surface area contributed by atoms with Gasteiger partial charge < -0.3 is 4.57 Å². The van der Waals surface area contributed by atoms with E-state index in [4.69, 9.17) is 41.2 Å². The molecule has 0 radical (unpaired) electrons. The molecule has 0 saturated carbocycles. The molecule has 12 heteroatoms. The summed E-state index contributed by atoms with van der Waals surface area (Å²) < 4.78 is 2.12. The van der Waals surface area contributed by atoms with E-state index < -0.39 is 0 Å². The van der Waals surface area contributed by atoms with Crippen molar-refractivity contribution in [1.29, 1.82) is 21.0 Å². The molecule has 0 N–H and O–H groups in total. The zero-order valence-corrected chi connectivity index (χ0v) is 40.2. The van der Waals surface area contributed by atoms with Crippen LogP contribution in [0.15, 0.2) is 182 Å². The Morgan fingerprint density at radius 1 is 0.364 bits per heavy atom. The molecule has 0 aliphatic rings. The van der Waals surface area contributed by atoms with Crippen LogP contribution in [0.1, 0.15) is 22.3 Å². The Morgan fingerprint density at radius 3 is 1.29 bits per heavy atom. The molecule has 11 aromatic rings. The predicted molar refractivity (Wildman–Crippen MR) is 296 cm³/mol. The zero-order chi connectivity index (χ0) is 53.2. The molecule has 0 bridgehead atoms. The third-order valence-electron chi connectivity index (χ3n) is 13.2. The van der Waals surface area contributed by atoms with Crippen LogP contribution in [0.25, 0.3) is 126 Å². The largest absolute Gasteiger partial charge is 0.308 e. The van der Waals surface area contributed by atoms with Crippen molar-refractivity contribution in [3.8, 4) is 109 Å². The lowest BCUT2D eigenvalue weighted by Crippen LogP contribution is -2.04. The minimum atomic E-state index is 0.123. The summed E-state index contributed by atoms with van der Waals surface area (Å²) in [4.78, 5) is 30.0. The monoisotopic (exact) mass is 978 g/mol. The van der Waals surface area contributed by atoms with Crippen molar-refractivity contribution >= 4 is 44.6 Å². The van der Waals surface area contributed by atoms with Crippen LogP contribution in [0, 0.1) is 71.6 Å². The van der Waals surface area contributed by atoms with Crippen molar-refractivity contribution in [3.05, 3.63) is 250 Å². The maximum absolute atomic E-state index is 10.5. The fraction of sp³-hybridized carbons (Fsp3) is 0. The molecular formula is C65H30N12. The van der Waals surface area contributed by atoms with Gasteiger partial charge in [-0.1, -0.05) is 115 Å². The van der Waals surface area contributed by atoms with Crippen molar-refractivity contribution in [2.24, 2.45) is 0 Å². The number of benzene rings is 9. The van der Waals surface area contributed by atoms with E-state index in [1.807, 2.05) is 133 Å². The zero-order valence-electron chi connectivity index (χ0n) is 40.2. The van der Waals surface area contributed by atoms with Crippen LogP contribution in [-0.2, 0) is 0 Å². The van der Waals surface area contributed by atoms with Crippen LogP contribution >= 0.6 is 0 Å². The van der Waals surface area contributed by atoms with Crippen LogP contribution in [-0.4, -0.2) is 19.5 Å². The Bertz CT molecular complexity index is 4280. The number of nitrogens with zero attached hydrogens (tertiary/aromatic N) is 12. The quantitative estimate of drug-likeness (QED) is 0.137. The Hall–Kier alpha value is -12.3. The summed E-state index contributed by atoms with van der Waals surface area (Å²) in [6.45, 7) is 31.8. The summed E-state index contributed by atoms with van der Waals surface area (Å²) in [5, 5.41) is 42.1. The van der Waals surface area contributed by atoms with Gasteiger partial charge in [-0.15, -0.1) is 0 Å². The number of rotatable bonds is 8. The normalized spacial score (nSPS) is 10.5. The predicted octanol–water partition coefficient (Wildman–Crippen LogP) is 16.3. The minimum absolute atomic E-state index is 0.123. The standard InChI is InChI=1S/C65H30N12/c1-70-50-23-19-42(20-24-50)53-33-47(65-75-63(43-11-7-5-8-12-43)74-64(76-65)44-13-9-6-10-14-44)32-52(41-17-15-39(35-66)16-18-41)62(53)77-58-25-21-45(60-48(37-68)27-40(36-67)28-56(60)72-3)30-54(58)55-31-46(22-26-59(55)77)61-49(38-69)29-51(71-2)34-57(61)73-4/h5-34H. The molecular weight excluding hydrogens is 949 g/mol. The average molecular weight is 979 g/mol. The fourth-order valence-electron chi connectivity index (χ4n) is 9.72. The van der Waals surface area contributed by atoms with Crippen molar-refractivity contribution in [1.82, 2.24) is 19.5 Å². The molecule has 0 saturated heterocycles. The highest BCUT2D eigenvalue weighted by Crippen LogP contribution is 2.47. The lowest BCUT2D eigenvalue weighted by Gasteiger charge is -2.21. The van der Waals surface area contributed by atoms with Crippen LogP contribution in [0.5, 0.6) is 0 Å². The first-order valence-corrected chi connectivity index (χ1v) is 23.6. The minimum Gasteiger partial charge on any atom is -0.308 e. The Balaban J connectivity index is 1.29. The maximum atomic E-state index is 10.5. The lowest BCUT2D eigenvalue weighted by molar-refractivity contribution is 1.07. The molecule has 0 amide bonds. The Labute approximate surface area is 441 Å². The average Bonchev–Trinajstić information content (AvgIpc) is 3.84. The summed E-state index contributed by atoms with van der Waals surface area (Å²) in [6.07, 6.45) is 0. The molecule has 0 atom stereocenters. The van der Waals surface area contributed by atoms with E-state index in [-0.39, 0.29) is 33.8 Å². The van der Waals surface area contributed by atoms with Crippen LogP contribution in [0.2, 0.25) is 0 Å². The second kappa shape index (κ2) is 19.7. The van der Waals surface area contributed by atoms with E-state index in [0.29, 0.717) is 95.2 Å². The molecule has 2 aromatic heterocycles. The van der Waals surface area contributed by atoms with Crippen LogP contribution in [0.3, 0.4) is 0 Å². The third kappa shape index (κ3) is 8.42. The van der Waals surface area contributed by atoms with E-state index in [1.54, 1.807) is 24.3 Å². The molecule has 0 spiro atoms. The van der Waals surface area contributed by atoms with Gasteiger partial charge in [0, 0.05) is 60.8 Å². The second-order valence-corrected chi connectivity index (χ2v) is 17.6. The molecule has 9 aromatic carbocycles. The van der Waals surface area contributed by atoms with Gasteiger partial charge in [0.05, 0.1) is 78.4 Å². The highest BCUT2D eigenvalue weighted by molar-refractivity contribution is 6.14. The molecule has 11 rings (SSSR count). The van der Waals surface area contributed by atoms with Gasteiger partial charge >= 0.3 is 0 Å². The summed E-state index contributed by atoms with van der Waals surface area (Å²) >= 11 is 0. The van der Waals surface area contributed by atoms with Crippen LogP contribution in [0.4, 0.5) is 22.7 Å². The highest BCUT2D eigenvalue weighted by Gasteiger charge is 2.26. The molecule has 0 aliphatic heterocycles. The SMILES string of the molecule is [C-]#[N+]c1ccc(-c2cc(-c3nc(-c4ccccc4)nc(-c4ccccc4)n3)cc(-c3ccc(C#N)cc3)c2-n2c3ccc(-c4c(C#N)cc(C#N)cc4[N+]#[C-])cc3c3cc(-c4c(C#N)cc([N+]#[C-])cc4[N+]#[C-])ccc32)cc1. The molecule has 0 aliphatic carbocycles. The van der Waals surface area contributed by atoms with E-state index in [1.165, 1.54) is 24.3 Å².